The summed E-state index contributed by atoms with van der Waals surface area (Å²) in [7, 11) is 0. The Morgan fingerprint density at radius 2 is 2.11 bits per heavy atom. The second-order valence-electron chi connectivity index (χ2n) is 4.75. The van der Waals surface area contributed by atoms with Crippen LogP contribution in [0.1, 0.15) is 20.8 Å². The van der Waals surface area contributed by atoms with Crippen molar-refractivity contribution in [3.8, 4) is 0 Å². The fourth-order valence-electron chi connectivity index (χ4n) is 1.77. The number of pyridine rings is 1. The Morgan fingerprint density at radius 3 is 2.67 bits per heavy atom. The van der Waals surface area contributed by atoms with Gasteiger partial charge in [0.2, 0.25) is 5.91 Å². The zero-order chi connectivity index (χ0) is 13.7. The molecule has 5 heteroatoms. The van der Waals surface area contributed by atoms with E-state index in [1.54, 1.807) is 4.90 Å². The molecule has 0 saturated carbocycles. The molecule has 5 nitrogen and oxygen atoms in total. The third-order valence-corrected chi connectivity index (χ3v) is 2.63. The highest BCUT2D eigenvalue weighted by atomic mass is 16.2. The molecule has 1 rings (SSSR count). The van der Waals surface area contributed by atoms with Gasteiger partial charge in [-0.2, -0.15) is 0 Å². The Morgan fingerprint density at radius 1 is 1.44 bits per heavy atom. The van der Waals surface area contributed by atoms with E-state index in [4.69, 9.17) is 5.73 Å². The number of amides is 1. The van der Waals surface area contributed by atoms with Crippen LogP contribution in [0.25, 0.3) is 0 Å². The van der Waals surface area contributed by atoms with Crippen LogP contribution in [0.4, 0.5) is 5.69 Å². The van der Waals surface area contributed by atoms with Crippen LogP contribution in [0.3, 0.4) is 0 Å². The monoisotopic (exact) mass is 251 g/mol. The number of carbonyl (C=O) groups excluding carboxylic acids is 1. The van der Waals surface area contributed by atoms with Gasteiger partial charge in [0.05, 0.1) is 0 Å². The second-order valence-corrected chi connectivity index (χ2v) is 4.75. The third-order valence-electron chi connectivity index (χ3n) is 2.63. The molecule has 0 fully saturated rings. The minimum absolute atomic E-state index is 0.0461. The Kier molecular flexibility index (Phi) is 4.95. The lowest BCUT2D eigenvalue weighted by Crippen LogP contribution is -2.38. The van der Waals surface area contributed by atoms with Gasteiger partial charge in [0, 0.05) is 31.0 Å². The van der Waals surface area contributed by atoms with E-state index in [-0.39, 0.29) is 18.0 Å². The maximum absolute atomic E-state index is 12.1. The molecule has 0 aliphatic heterocycles. The molecule has 1 heterocycles. The zero-order valence-corrected chi connectivity index (χ0v) is 11.2. The average Bonchev–Trinajstić information content (AvgIpc) is 2.30. The van der Waals surface area contributed by atoms with E-state index in [1.165, 1.54) is 22.9 Å². The number of likely N-dealkylation sites (N-methyl/N-ethyl adjacent to an activating group) is 1. The molecule has 0 aliphatic carbocycles. The smallest absolute Gasteiger partial charge is 0.251 e. The number of hydrogen-bond acceptors (Lipinski definition) is 3. The van der Waals surface area contributed by atoms with Crippen molar-refractivity contribution in [3.05, 3.63) is 28.7 Å². The van der Waals surface area contributed by atoms with Crippen molar-refractivity contribution in [1.29, 1.82) is 0 Å². The molecule has 0 unspecified atom stereocenters. The molecule has 0 aromatic carbocycles. The van der Waals surface area contributed by atoms with E-state index in [2.05, 4.69) is 13.8 Å². The van der Waals surface area contributed by atoms with E-state index >= 15 is 0 Å². The summed E-state index contributed by atoms with van der Waals surface area (Å²) in [5, 5.41) is 0. The molecule has 0 atom stereocenters. The first-order chi connectivity index (χ1) is 8.43. The van der Waals surface area contributed by atoms with Gasteiger partial charge < -0.3 is 15.2 Å². The lowest BCUT2D eigenvalue weighted by atomic mass is 10.2. The first-order valence-corrected chi connectivity index (χ1v) is 6.17. The molecule has 0 bridgehead atoms. The van der Waals surface area contributed by atoms with Crippen LogP contribution in [0.2, 0.25) is 0 Å². The number of carbonyl (C=O) groups is 1. The van der Waals surface area contributed by atoms with Crippen LogP contribution < -0.4 is 11.3 Å². The fourth-order valence-corrected chi connectivity index (χ4v) is 1.77. The normalized spacial score (nSPS) is 10.7. The molecule has 0 aliphatic rings. The van der Waals surface area contributed by atoms with Gasteiger partial charge in [-0.15, -0.1) is 0 Å². The molecule has 0 radical (unpaired) electrons. The quantitative estimate of drug-likeness (QED) is 0.846. The zero-order valence-electron chi connectivity index (χ0n) is 11.2. The number of nitrogens with zero attached hydrogens (tertiary/aromatic N) is 2. The van der Waals surface area contributed by atoms with Crippen LogP contribution in [-0.2, 0) is 11.3 Å². The van der Waals surface area contributed by atoms with Crippen LogP contribution in [-0.4, -0.2) is 28.5 Å². The number of aromatic nitrogens is 1. The fraction of sp³-hybridized carbons (Fsp3) is 0.538. The summed E-state index contributed by atoms with van der Waals surface area (Å²) in [5.74, 6) is 0.352. The average molecular weight is 251 g/mol. The van der Waals surface area contributed by atoms with Crippen molar-refractivity contribution in [2.24, 2.45) is 5.92 Å². The van der Waals surface area contributed by atoms with Crippen LogP contribution in [0.5, 0.6) is 0 Å². The first-order valence-electron chi connectivity index (χ1n) is 6.17. The van der Waals surface area contributed by atoms with E-state index in [9.17, 15) is 9.59 Å². The summed E-state index contributed by atoms with van der Waals surface area (Å²) in [6.07, 6.45) is 1.50. The van der Waals surface area contributed by atoms with Gasteiger partial charge >= 0.3 is 0 Å². The predicted molar refractivity (Wildman–Crippen MR) is 72.2 cm³/mol. The standard InChI is InChI=1S/C13H21N3O2/c1-4-15(7-10(2)3)13(18)9-16-8-11(14)5-6-12(16)17/h5-6,8,10H,4,7,9,14H2,1-3H3. The van der Waals surface area contributed by atoms with E-state index < -0.39 is 0 Å². The van der Waals surface area contributed by atoms with Gasteiger partial charge in [-0.1, -0.05) is 13.8 Å². The summed E-state index contributed by atoms with van der Waals surface area (Å²) in [6.45, 7) is 7.44. The Hall–Kier alpha value is -1.78. The Labute approximate surface area is 107 Å². The Bertz CT molecular complexity index is 466. The molecule has 1 aromatic heterocycles. The highest BCUT2D eigenvalue weighted by Gasteiger charge is 2.14. The molecular formula is C13H21N3O2. The van der Waals surface area contributed by atoms with Crippen LogP contribution in [0, 0.1) is 5.92 Å². The molecule has 18 heavy (non-hydrogen) atoms. The number of nitrogens with two attached hydrogens (primary N) is 1. The lowest BCUT2D eigenvalue weighted by Gasteiger charge is -2.23. The van der Waals surface area contributed by atoms with Crippen molar-refractivity contribution in [3.63, 3.8) is 0 Å². The van der Waals surface area contributed by atoms with Crippen molar-refractivity contribution in [1.82, 2.24) is 9.47 Å². The minimum atomic E-state index is -0.210. The molecule has 2 N–H and O–H groups in total. The number of hydrogen-bond donors (Lipinski definition) is 1. The highest BCUT2D eigenvalue weighted by molar-refractivity contribution is 5.76. The molecule has 1 aromatic rings. The molecule has 1 amide bonds. The number of nitrogen functional groups attached to an aromatic ring is 1. The predicted octanol–water partition coefficient (Wildman–Crippen LogP) is 0.935. The van der Waals surface area contributed by atoms with Crippen LogP contribution >= 0.6 is 0 Å². The van der Waals surface area contributed by atoms with E-state index in [1.807, 2.05) is 6.92 Å². The van der Waals surface area contributed by atoms with Crippen LogP contribution in [0.15, 0.2) is 23.1 Å². The van der Waals surface area contributed by atoms with Crippen molar-refractivity contribution < 1.29 is 4.79 Å². The van der Waals surface area contributed by atoms with Crippen molar-refractivity contribution in [2.45, 2.75) is 27.3 Å². The number of rotatable bonds is 5. The largest absolute Gasteiger partial charge is 0.398 e. The summed E-state index contributed by atoms with van der Waals surface area (Å²) in [6, 6.07) is 2.91. The van der Waals surface area contributed by atoms with E-state index in [0.717, 1.165) is 0 Å². The SMILES string of the molecule is CCN(CC(C)C)C(=O)Cn1cc(N)ccc1=O. The van der Waals surface area contributed by atoms with Crippen molar-refractivity contribution in [2.75, 3.05) is 18.8 Å². The lowest BCUT2D eigenvalue weighted by molar-refractivity contribution is -0.132. The molecule has 0 spiro atoms. The molecule has 100 valence electrons. The third kappa shape index (κ3) is 3.91. The van der Waals surface area contributed by atoms with Gasteiger partial charge in [-0.3, -0.25) is 9.59 Å². The Balaban J connectivity index is 2.79. The van der Waals surface area contributed by atoms with E-state index in [0.29, 0.717) is 24.7 Å². The van der Waals surface area contributed by atoms with Gasteiger partial charge in [-0.05, 0) is 18.9 Å². The van der Waals surface area contributed by atoms with Gasteiger partial charge in [0.25, 0.3) is 5.56 Å². The molecular weight excluding hydrogens is 230 g/mol. The number of anilines is 1. The summed E-state index contributed by atoms with van der Waals surface area (Å²) < 4.78 is 1.35. The second kappa shape index (κ2) is 6.23. The van der Waals surface area contributed by atoms with Gasteiger partial charge in [-0.25, -0.2) is 0 Å². The summed E-state index contributed by atoms with van der Waals surface area (Å²) in [4.78, 5) is 25.4. The maximum atomic E-state index is 12.1. The molecule has 0 saturated heterocycles. The minimum Gasteiger partial charge on any atom is -0.398 e. The maximum Gasteiger partial charge on any atom is 0.251 e. The van der Waals surface area contributed by atoms with Gasteiger partial charge in [0.15, 0.2) is 0 Å². The topological polar surface area (TPSA) is 68.3 Å². The van der Waals surface area contributed by atoms with Crippen molar-refractivity contribution >= 4 is 11.6 Å². The summed E-state index contributed by atoms with van der Waals surface area (Å²) in [5.41, 5.74) is 5.88. The first kappa shape index (κ1) is 14.3. The van der Waals surface area contributed by atoms with Gasteiger partial charge in [0.1, 0.15) is 6.54 Å². The summed E-state index contributed by atoms with van der Waals surface area (Å²) >= 11 is 0. The highest BCUT2D eigenvalue weighted by Crippen LogP contribution is 2.01.